The molecule has 18 N–H and O–H groups in total. The zero-order valence-electron chi connectivity index (χ0n) is 21.4. The van der Waals surface area contributed by atoms with Crippen LogP contribution in [-0.2, 0) is 37.4 Å². The molecule has 0 atom stereocenters. The summed E-state index contributed by atoms with van der Waals surface area (Å²) in [6.07, 6.45) is -2.39. The van der Waals surface area contributed by atoms with E-state index in [-0.39, 0.29) is 30.3 Å². The van der Waals surface area contributed by atoms with E-state index in [1.165, 1.54) is 0 Å². The number of aliphatic carboxylic acids is 4. The standard InChI is InChI=1S/4C3H8NO5P.2ClH.H2O/c4*5-3(6)1-4-2-10(7,8)9;;;/h4*4H,1-2H2,(H,5,6)(H2,7,8,9);2*1H;1H2. The monoisotopic (exact) mass is 766 g/mol. The molecule has 0 rings (SSSR count). The average Bonchev–Trinajstić information content (AvgIpc) is 2.64. The Morgan fingerprint density at radius 3 is 0.581 bits per heavy atom. The molecule has 0 aromatic carbocycles. The van der Waals surface area contributed by atoms with Gasteiger partial charge in [-0.15, -0.1) is 24.8 Å². The molecule has 0 aromatic rings. The molecule has 0 aliphatic carbocycles. The molecule has 25 nitrogen and oxygen atoms in total. The minimum absolute atomic E-state index is 0. The van der Waals surface area contributed by atoms with Crippen molar-refractivity contribution in [3.05, 3.63) is 0 Å². The fourth-order valence-electron chi connectivity index (χ4n) is 1.23. The van der Waals surface area contributed by atoms with Crippen LogP contribution in [0.15, 0.2) is 0 Å². The number of hydrogen-bond donors (Lipinski definition) is 16. The van der Waals surface area contributed by atoms with Gasteiger partial charge in [0.2, 0.25) is 0 Å². The van der Waals surface area contributed by atoms with Crippen LogP contribution in [0.2, 0.25) is 0 Å². The van der Waals surface area contributed by atoms with Gasteiger partial charge in [0.25, 0.3) is 0 Å². The first kappa shape index (κ1) is 57.5. The molecular formula is C12H36Cl2N4O21P4. The highest BCUT2D eigenvalue weighted by Gasteiger charge is 2.13. The van der Waals surface area contributed by atoms with Crippen LogP contribution in [0, 0.1) is 0 Å². The molecule has 0 aromatic heterocycles. The fourth-order valence-corrected chi connectivity index (χ4v) is 2.85. The Balaban J connectivity index is -0.0000000785. The number of nitrogens with one attached hydrogen (secondary N) is 4. The summed E-state index contributed by atoms with van der Waals surface area (Å²) < 4.78 is 40.2. The molecule has 0 heterocycles. The predicted octanol–water partition coefficient (Wildman–Crippen LogP) is -4.80. The van der Waals surface area contributed by atoms with Crippen molar-refractivity contribution < 1.29 is 102 Å². The average molecular weight is 767 g/mol. The van der Waals surface area contributed by atoms with Gasteiger partial charge in [0.05, 0.1) is 51.3 Å². The Morgan fingerprint density at radius 2 is 0.512 bits per heavy atom. The summed E-state index contributed by atoms with van der Waals surface area (Å²) in [5.74, 6) is -4.58. The molecule has 264 valence electrons. The lowest BCUT2D eigenvalue weighted by molar-refractivity contribution is -0.136. The molecule has 0 spiro atoms. The number of halogens is 2. The van der Waals surface area contributed by atoms with Crippen LogP contribution >= 0.6 is 55.2 Å². The SMILES string of the molecule is Cl.Cl.O.O=C(O)CNCP(=O)(O)O.O=C(O)CNCP(=O)(O)O.O=C(O)CNCP(=O)(O)O.O=C(O)CNCP(=O)(O)O. The smallest absolute Gasteiger partial charge is 0.339 e. The predicted molar refractivity (Wildman–Crippen MR) is 148 cm³/mol. The normalized spacial score (nSPS) is 10.6. The van der Waals surface area contributed by atoms with Gasteiger partial charge in [-0.05, 0) is 0 Å². The Bertz CT molecular complexity index is 814. The summed E-state index contributed by atoms with van der Waals surface area (Å²) in [5.41, 5.74) is 0. The Labute approximate surface area is 254 Å². The summed E-state index contributed by atoms with van der Waals surface area (Å²) in [5, 5.41) is 40.2. The van der Waals surface area contributed by atoms with E-state index in [0.29, 0.717) is 0 Å². The Hall–Kier alpha value is -1.14. The van der Waals surface area contributed by atoms with Crippen molar-refractivity contribution in [1.29, 1.82) is 0 Å². The van der Waals surface area contributed by atoms with E-state index in [4.69, 9.17) is 59.6 Å². The van der Waals surface area contributed by atoms with Crippen molar-refractivity contribution in [3.63, 3.8) is 0 Å². The van der Waals surface area contributed by atoms with Crippen LogP contribution in [-0.4, -0.2) is 140 Å². The lowest BCUT2D eigenvalue weighted by Crippen LogP contribution is -2.23. The number of carboxylic acids is 4. The van der Waals surface area contributed by atoms with Crippen LogP contribution in [0.4, 0.5) is 0 Å². The summed E-state index contributed by atoms with van der Waals surface area (Å²) in [6.45, 7) is -1.76. The topological polar surface area (TPSA) is 459 Å². The zero-order valence-corrected chi connectivity index (χ0v) is 26.6. The van der Waals surface area contributed by atoms with E-state index in [9.17, 15) is 37.4 Å². The lowest BCUT2D eigenvalue weighted by atomic mass is 10.7. The second-order valence-electron chi connectivity index (χ2n) is 6.57. The molecular weight excluding hydrogens is 731 g/mol. The first-order valence-electron chi connectivity index (χ1n) is 9.55. The minimum Gasteiger partial charge on any atom is -0.480 e. The Morgan fingerprint density at radius 1 is 0.395 bits per heavy atom. The zero-order chi connectivity index (χ0) is 32.8. The van der Waals surface area contributed by atoms with Gasteiger partial charge in [0.15, 0.2) is 0 Å². The fraction of sp³-hybridized carbons (Fsp3) is 0.667. The second kappa shape index (κ2) is 29.6. The van der Waals surface area contributed by atoms with Crippen LogP contribution < -0.4 is 21.3 Å². The summed E-state index contributed by atoms with van der Waals surface area (Å²) in [6, 6.07) is 0. The third-order valence-corrected chi connectivity index (χ3v) is 4.92. The molecule has 0 aliphatic heterocycles. The molecule has 0 fully saturated rings. The maximum absolute atomic E-state index is 10.1. The lowest BCUT2D eigenvalue weighted by Gasteiger charge is -2.02. The molecule has 0 amide bonds. The van der Waals surface area contributed by atoms with Crippen LogP contribution in [0.3, 0.4) is 0 Å². The minimum atomic E-state index is -4.10. The van der Waals surface area contributed by atoms with E-state index >= 15 is 0 Å². The molecule has 0 saturated carbocycles. The van der Waals surface area contributed by atoms with Crippen molar-refractivity contribution in [1.82, 2.24) is 21.3 Å². The van der Waals surface area contributed by atoms with E-state index in [1.807, 2.05) is 0 Å². The number of hydrogen-bond acceptors (Lipinski definition) is 12. The largest absolute Gasteiger partial charge is 0.480 e. The van der Waals surface area contributed by atoms with Crippen molar-refractivity contribution in [2.24, 2.45) is 0 Å². The summed E-state index contributed by atoms with van der Waals surface area (Å²) in [7, 11) is -16.4. The van der Waals surface area contributed by atoms with Crippen molar-refractivity contribution >= 4 is 79.1 Å². The van der Waals surface area contributed by atoms with Gasteiger partial charge < -0.3 is 65.0 Å². The molecule has 43 heavy (non-hydrogen) atoms. The highest BCUT2D eigenvalue weighted by atomic mass is 35.5. The van der Waals surface area contributed by atoms with Crippen molar-refractivity contribution in [2.45, 2.75) is 0 Å². The van der Waals surface area contributed by atoms with Gasteiger partial charge in [-0.25, -0.2) is 0 Å². The highest BCUT2D eigenvalue weighted by molar-refractivity contribution is 7.52. The molecule has 0 unspecified atom stereocenters. The maximum atomic E-state index is 10.1. The van der Waals surface area contributed by atoms with Crippen molar-refractivity contribution in [3.8, 4) is 0 Å². The van der Waals surface area contributed by atoms with Gasteiger partial charge in [0, 0.05) is 0 Å². The molecule has 0 aliphatic rings. The van der Waals surface area contributed by atoms with Crippen LogP contribution in [0.25, 0.3) is 0 Å². The third kappa shape index (κ3) is 85.5. The van der Waals surface area contributed by atoms with E-state index in [2.05, 4.69) is 21.3 Å². The third-order valence-electron chi connectivity index (χ3n) is 2.38. The number of rotatable bonds is 16. The summed E-state index contributed by atoms with van der Waals surface area (Å²) in [4.78, 5) is 105. The summed E-state index contributed by atoms with van der Waals surface area (Å²) >= 11 is 0. The molecule has 0 bridgehead atoms. The van der Waals surface area contributed by atoms with Gasteiger partial charge in [-0.2, -0.15) is 0 Å². The quantitative estimate of drug-likeness (QED) is 0.0655. The molecule has 0 radical (unpaired) electrons. The van der Waals surface area contributed by atoms with Crippen molar-refractivity contribution in [2.75, 3.05) is 51.3 Å². The first-order valence-corrected chi connectivity index (χ1v) is 16.7. The maximum Gasteiger partial charge on any atom is 0.339 e. The Kier molecular flexibility index (Phi) is 39.5. The first-order chi connectivity index (χ1) is 17.7. The molecule has 0 saturated heterocycles. The van der Waals surface area contributed by atoms with E-state index in [1.54, 1.807) is 0 Å². The van der Waals surface area contributed by atoms with Gasteiger partial charge >= 0.3 is 54.3 Å². The van der Waals surface area contributed by atoms with Gasteiger partial charge in [-0.1, -0.05) is 0 Å². The molecule has 31 heteroatoms. The van der Waals surface area contributed by atoms with Gasteiger partial charge in [0.1, 0.15) is 0 Å². The number of carboxylic acid groups (broad SMARTS) is 4. The van der Waals surface area contributed by atoms with Gasteiger partial charge in [-0.3, -0.25) is 58.7 Å². The number of carbonyl (C=O) groups is 4. The second-order valence-corrected chi connectivity index (χ2v) is 13.2. The van der Waals surface area contributed by atoms with E-state index in [0.717, 1.165) is 0 Å². The van der Waals surface area contributed by atoms with Crippen LogP contribution in [0.5, 0.6) is 0 Å². The highest BCUT2D eigenvalue weighted by Crippen LogP contribution is 2.33. The van der Waals surface area contributed by atoms with Crippen LogP contribution in [0.1, 0.15) is 0 Å². The van der Waals surface area contributed by atoms with E-state index < -0.39 is 106 Å².